The Morgan fingerprint density at radius 1 is 1.24 bits per heavy atom. The first-order chi connectivity index (χ1) is 15.4. The summed E-state index contributed by atoms with van der Waals surface area (Å²) >= 11 is 1.44. The van der Waals surface area contributed by atoms with Gasteiger partial charge in [-0.3, -0.25) is 9.97 Å². The molecular formula is C21H19F5N4O2S. The summed E-state index contributed by atoms with van der Waals surface area (Å²) in [6.45, 7) is 5.02. The monoisotopic (exact) mass is 486 g/mol. The molecule has 33 heavy (non-hydrogen) atoms. The highest BCUT2D eigenvalue weighted by Gasteiger charge is 2.55. The number of halogens is 5. The lowest BCUT2D eigenvalue weighted by atomic mass is 9.87. The van der Waals surface area contributed by atoms with E-state index in [1.807, 2.05) is 6.92 Å². The fourth-order valence-electron chi connectivity index (χ4n) is 3.06. The largest absolute Gasteiger partial charge is 0.444 e. The summed E-state index contributed by atoms with van der Waals surface area (Å²) in [7, 11) is 0. The first kappa shape index (κ1) is 24.7. The van der Waals surface area contributed by atoms with E-state index in [0.29, 0.717) is 21.9 Å². The lowest BCUT2D eigenvalue weighted by Crippen LogP contribution is -2.53. The van der Waals surface area contributed by atoms with Crippen molar-refractivity contribution in [2.75, 3.05) is 10.7 Å². The maximum atomic E-state index is 14.3. The van der Waals surface area contributed by atoms with Crippen LogP contribution in [0.3, 0.4) is 0 Å². The number of fused-ring (bicyclic) bond motifs is 1. The molecule has 0 spiro atoms. The van der Waals surface area contributed by atoms with E-state index in [1.54, 1.807) is 19.9 Å². The van der Waals surface area contributed by atoms with Gasteiger partial charge in [-0.1, -0.05) is 6.92 Å². The molecule has 3 heterocycles. The van der Waals surface area contributed by atoms with E-state index < -0.39 is 35.8 Å². The predicted octanol–water partition coefficient (Wildman–Crippen LogP) is 5.71. The highest BCUT2D eigenvalue weighted by Crippen LogP contribution is 2.39. The molecule has 2 aromatic heterocycles. The fourth-order valence-corrected chi connectivity index (χ4v) is 3.87. The predicted molar refractivity (Wildman–Crippen MR) is 111 cm³/mol. The molecule has 1 aliphatic heterocycles. The Morgan fingerprint density at radius 2 is 1.94 bits per heavy atom. The van der Waals surface area contributed by atoms with Crippen molar-refractivity contribution in [3.63, 3.8) is 0 Å². The van der Waals surface area contributed by atoms with Crippen LogP contribution in [-0.4, -0.2) is 40.5 Å². The van der Waals surface area contributed by atoms with Crippen molar-refractivity contribution in [3.8, 4) is 17.5 Å². The summed E-state index contributed by atoms with van der Waals surface area (Å²) in [5.74, 6) is -4.43. The Bertz CT molecular complexity index is 1110. The molecule has 3 rings (SSSR count). The number of hydrogen-bond donors (Lipinski definition) is 0. The minimum absolute atomic E-state index is 0.1000. The van der Waals surface area contributed by atoms with Crippen molar-refractivity contribution in [2.24, 2.45) is 0 Å². The number of hydrogen-bond acceptors (Lipinski definition) is 6. The number of cyclic esters (lactones) is 1. The van der Waals surface area contributed by atoms with E-state index >= 15 is 0 Å². The zero-order chi connectivity index (χ0) is 24.6. The summed E-state index contributed by atoms with van der Waals surface area (Å²) in [5.41, 5.74) is 0.286. The molecule has 0 radical (unpaired) electrons. The second kappa shape index (κ2) is 9.13. The molecule has 1 aliphatic rings. The Labute approximate surface area is 190 Å². The summed E-state index contributed by atoms with van der Waals surface area (Å²) < 4.78 is 71.6. The molecule has 0 fully saturated rings. The highest BCUT2D eigenvalue weighted by atomic mass is 32.2. The molecule has 1 atom stereocenters. The molecule has 12 heteroatoms. The maximum absolute atomic E-state index is 14.3. The average Bonchev–Trinajstić information content (AvgIpc) is 2.78. The van der Waals surface area contributed by atoms with E-state index in [9.17, 15) is 32.0 Å². The minimum Gasteiger partial charge on any atom is -0.444 e. The highest BCUT2D eigenvalue weighted by molar-refractivity contribution is 7.99. The van der Waals surface area contributed by atoms with Crippen molar-refractivity contribution >= 4 is 23.5 Å². The van der Waals surface area contributed by atoms with Gasteiger partial charge in [0.2, 0.25) is 0 Å². The van der Waals surface area contributed by atoms with Crippen LogP contribution in [0.25, 0.3) is 11.4 Å². The molecule has 0 saturated heterocycles. The Hall–Kier alpha value is -2.94. The first-order valence-corrected chi connectivity index (χ1v) is 10.7. The number of pyridine rings is 2. The van der Waals surface area contributed by atoms with Gasteiger partial charge in [0.05, 0.1) is 29.1 Å². The number of alkyl halides is 5. The van der Waals surface area contributed by atoms with Gasteiger partial charge in [-0.25, -0.2) is 22.9 Å². The van der Waals surface area contributed by atoms with Gasteiger partial charge in [-0.15, -0.1) is 11.8 Å². The SMILES string of the molecule is CCSc1cc(C(C)(C)C#N)cnc1-c1cc2c(cn1)N(C(F)C(F)(F)C(F)F)C(=O)OC2. The normalized spacial score (nSPS) is 15.2. The third kappa shape index (κ3) is 4.59. The van der Waals surface area contributed by atoms with Crippen LogP contribution in [0.2, 0.25) is 0 Å². The van der Waals surface area contributed by atoms with Gasteiger partial charge < -0.3 is 4.74 Å². The van der Waals surface area contributed by atoms with Crippen molar-refractivity contribution in [1.29, 1.82) is 5.26 Å². The fraction of sp³-hybridized carbons (Fsp3) is 0.429. The van der Waals surface area contributed by atoms with Gasteiger partial charge in [0.1, 0.15) is 12.3 Å². The summed E-state index contributed by atoms with van der Waals surface area (Å²) in [5, 5.41) is 9.40. The molecule has 2 aromatic rings. The minimum atomic E-state index is -5.11. The summed E-state index contributed by atoms with van der Waals surface area (Å²) in [6, 6.07) is 5.37. The number of ether oxygens (including phenoxy) is 1. The van der Waals surface area contributed by atoms with Crippen LogP contribution in [0.15, 0.2) is 29.4 Å². The summed E-state index contributed by atoms with van der Waals surface area (Å²) in [6.07, 6.45) is -7.02. The van der Waals surface area contributed by atoms with E-state index in [-0.39, 0.29) is 22.8 Å². The van der Waals surface area contributed by atoms with Crippen LogP contribution >= 0.6 is 11.8 Å². The van der Waals surface area contributed by atoms with Gasteiger partial charge in [0, 0.05) is 16.7 Å². The average molecular weight is 486 g/mol. The van der Waals surface area contributed by atoms with E-state index in [1.165, 1.54) is 24.0 Å². The molecule has 1 amide bonds. The van der Waals surface area contributed by atoms with Gasteiger partial charge in [-0.05, 0) is 37.3 Å². The first-order valence-electron chi connectivity index (χ1n) is 9.74. The maximum Gasteiger partial charge on any atom is 0.417 e. The van der Waals surface area contributed by atoms with Gasteiger partial charge in [0.25, 0.3) is 6.30 Å². The number of amides is 1. The second-order valence-corrected chi connectivity index (χ2v) is 8.98. The van der Waals surface area contributed by atoms with E-state index in [4.69, 9.17) is 4.74 Å². The zero-order valence-corrected chi connectivity index (χ0v) is 18.6. The van der Waals surface area contributed by atoms with Crippen LogP contribution in [0, 0.1) is 11.3 Å². The van der Waals surface area contributed by atoms with Crippen LogP contribution in [0.4, 0.5) is 32.4 Å². The van der Waals surface area contributed by atoms with Crippen LogP contribution < -0.4 is 4.90 Å². The Balaban J connectivity index is 2.06. The standard InChI is InChI=1S/C21H19F5N4O2S/c1-4-33-15-6-12(20(2,3)10-27)7-29-16(15)13-5-11-9-32-19(31)30(14(11)8-28-13)18(24)21(25,26)17(22)23/h5-8,17-18H,4,9H2,1-3H3. The zero-order valence-electron chi connectivity index (χ0n) is 17.8. The number of rotatable bonds is 7. The van der Waals surface area contributed by atoms with Crippen LogP contribution in [0.1, 0.15) is 31.9 Å². The Kier molecular flexibility index (Phi) is 6.83. The molecule has 0 aliphatic carbocycles. The molecule has 6 nitrogen and oxygen atoms in total. The number of carbonyl (C=O) groups excluding carboxylic acids is 1. The lowest BCUT2D eigenvalue weighted by Gasteiger charge is -2.34. The molecule has 0 bridgehead atoms. The van der Waals surface area contributed by atoms with Crippen molar-refractivity contribution in [3.05, 3.63) is 35.7 Å². The smallest absolute Gasteiger partial charge is 0.417 e. The van der Waals surface area contributed by atoms with Crippen molar-refractivity contribution in [2.45, 2.75) is 56.3 Å². The molecule has 0 saturated carbocycles. The third-order valence-corrected chi connectivity index (χ3v) is 5.92. The summed E-state index contributed by atoms with van der Waals surface area (Å²) in [4.78, 5) is 21.0. The van der Waals surface area contributed by atoms with E-state index in [2.05, 4.69) is 16.0 Å². The molecule has 0 N–H and O–H groups in total. The molecule has 1 unspecified atom stereocenters. The van der Waals surface area contributed by atoms with Gasteiger partial charge >= 0.3 is 18.4 Å². The third-order valence-electron chi connectivity index (χ3n) is 5.00. The van der Waals surface area contributed by atoms with Gasteiger partial charge in [0.15, 0.2) is 0 Å². The number of thioether (sulfide) groups is 1. The lowest BCUT2D eigenvalue weighted by molar-refractivity contribution is -0.169. The number of aromatic nitrogens is 2. The van der Waals surface area contributed by atoms with Crippen LogP contribution in [-0.2, 0) is 16.8 Å². The number of nitriles is 1. The second-order valence-electron chi connectivity index (χ2n) is 7.67. The van der Waals surface area contributed by atoms with Gasteiger partial charge in [-0.2, -0.15) is 14.0 Å². The molecular weight excluding hydrogens is 467 g/mol. The molecule has 0 aromatic carbocycles. The number of nitrogens with zero attached hydrogens (tertiary/aromatic N) is 4. The van der Waals surface area contributed by atoms with Crippen LogP contribution in [0.5, 0.6) is 0 Å². The van der Waals surface area contributed by atoms with E-state index in [0.717, 1.165) is 6.20 Å². The Morgan fingerprint density at radius 3 is 2.55 bits per heavy atom. The number of anilines is 1. The topological polar surface area (TPSA) is 79.1 Å². The molecule has 176 valence electrons. The van der Waals surface area contributed by atoms with Crippen molar-refractivity contribution in [1.82, 2.24) is 9.97 Å². The quantitative estimate of drug-likeness (QED) is 0.283. The number of carbonyl (C=O) groups is 1. The van der Waals surface area contributed by atoms with Crippen molar-refractivity contribution < 1.29 is 31.5 Å².